The van der Waals surface area contributed by atoms with Crippen molar-refractivity contribution in [3.63, 3.8) is 0 Å². The predicted molar refractivity (Wildman–Crippen MR) is 96.2 cm³/mol. The van der Waals surface area contributed by atoms with Gasteiger partial charge in [0.25, 0.3) is 0 Å². The van der Waals surface area contributed by atoms with E-state index in [-0.39, 0.29) is 5.92 Å². The zero-order chi connectivity index (χ0) is 16.2. The van der Waals surface area contributed by atoms with Gasteiger partial charge >= 0.3 is 0 Å². The lowest BCUT2D eigenvalue weighted by atomic mass is 9.92. The number of piperidine rings is 2. The Morgan fingerprint density at radius 3 is 2.57 bits per heavy atom. The number of amides is 1. The van der Waals surface area contributed by atoms with Crippen LogP contribution in [0.4, 0.5) is 0 Å². The second kappa shape index (κ2) is 7.80. The Balaban J connectivity index is 1.48. The van der Waals surface area contributed by atoms with Crippen LogP contribution in [0.3, 0.4) is 0 Å². The standard InChI is InChI=1S/C19H27BrN2O/c1-15-3-2-10-22(13-15)19(23)17-8-11-21(12-9-17)14-16-4-6-18(20)7-5-16/h4-7,15,17H,2-3,8-14H2,1H3/p+1/t15-/m1/s1. The van der Waals surface area contributed by atoms with Crippen LogP contribution in [0, 0.1) is 11.8 Å². The van der Waals surface area contributed by atoms with Gasteiger partial charge in [0.15, 0.2) is 0 Å². The van der Waals surface area contributed by atoms with E-state index in [0.29, 0.717) is 11.8 Å². The minimum Gasteiger partial charge on any atom is -0.342 e. The van der Waals surface area contributed by atoms with Gasteiger partial charge in [0.05, 0.1) is 13.1 Å². The summed E-state index contributed by atoms with van der Waals surface area (Å²) in [7, 11) is 0. The van der Waals surface area contributed by atoms with E-state index in [1.165, 1.54) is 18.4 Å². The fourth-order valence-electron chi connectivity index (χ4n) is 3.99. The maximum Gasteiger partial charge on any atom is 0.226 e. The van der Waals surface area contributed by atoms with Gasteiger partial charge < -0.3 is 9.80 Å². The highest BCUT2D eigenvalue weighted by molar-refractivity contribution is 9.10. The van der Waals surface area contributed by atoms with E-state index in [2.05, 4.69) is 52.0 Å². The van der Waals surface area contributed by atoms with Gasteiger partial charge in [0, 0.05) is 41.9 Å². The summed E-state index contributed by atoms with van der Waals surface area (Å²) in [5.41, 5.74) is 1.39. The molecule has 0 bridgehead atoms. The third-order valence-electron chi connectivity index (χ3n) is 5.38. The summed E-state index contributed by atoms with van der Waals surface area (Å²) in [5.74, 6) is 1.38. The van der Waals surface area contributed by atoms with Crippen LogP contribution in [-0.2, 0) is 11.3 Å². The van der Waals surface area contributed by atoms with E-state index in [4.69, 9.17) is 0 Å². The number of carbonyl (C=O) groups is 1. The van der Waals surface area contributed by atoms with Gasteiger partial charge in [0.2, 0.25) is 5.91 Å². The molecular formula is C19H28BrN2O+. The number of quaternary nitrogens is 1. The van der Waals surface area contributed by atoms with E-state index in [1.54, 1.807) is 4.90 Å². The molecule has 1 amide bonds. The Kier molecular flexibility index (Phi) is 5.76. The van der Waals surface area contributed by atoms with Crippen molar-refractivity contribution >= 4 is 21.8 Å². The van der Waals surface area contributed by atoms with E-state index < -0.39 is 0 Å². The smallest absolute Gasteiger partial charge is 0.226 e. The zero-order valence-corrected chi connectivity index (χ0v) is 15.6. The normalized spacial score (nSPS) is 28.6. The van der Waals surface area contributed by atoms with Crippen molar-refractivity contribution in [3.05, 3.63) is 34.3 Å². The first kappa shape index (κ1) is 17.0. The molecule has 2 heterocycles. The number of carbonyl (C=O) groups excluding carboxylic acids is 1. The van der Waals surface area contributed by atoms with E-state index in [0.717, 1.165) is 50.0 Å². The van der Waals surface area contributed by atoms with Crippen molar-refractivity contribution in [3.8, 4) is 0 Å². The topological polar surface area (TPSA) is 24.8 Å². The lowest BCUT2D eigenvalue weighted by Gasteiger charge is -2.36. The van der Waals surface area contributed by atoms with Crippen molar-refractivity contribution in [2.75, 3.05) is 26.2 Å². The van der Waals surface area contributed by atoms with E-state index in [1.807, 2.05) is 0 Å². The number of benzene rings is 1. The van der Waals surface area contributed by atoms with Crippen LogP contribution in [0.5, 0.6) is 0 Å². The summed E-state index contributed by atoms with van der Waals surface area (Å²) in [6.45, 7) is 7.55. The summed E-state index contributed by atoms with van der Waals surface area (Å²) >= 11 is 3.49. The second-order valence-corrected chi connectivity index (χ2v) is 8.27. The first-order chi connectivity index (χ1) is 11.1. The van der Waals surface area contributed by atoms with Gasteiger partial charge in [-0.1, -0.05) is 35.0 Å². The number of rotatable bonds is 3. The van der Waals surface area contributed by atoms with E-state index in [9.17, 15) is 4.79 Å². The first-order valence-corrected chi connectivity index (χ1v) is 9.78. The molecule has 0 saturated carbocycles. The summed E-state index contributed by atoms with van der Waals surface area (Å²) in [6, 6.07) is 8.62. The van der Waals surface area contributed by atoms with Crippen molar-refractivity contribution in [2.24, 2.45) is 11.8 Å². The molecule has 23 heavy (non-hydrogen) atoms. The molecule has 1 atom stereocenters. The third-order valence-corrected chi connectivity index (χ3v) is 5.91. The maximum atomic E-state index is 12.7. The van der Waals surface area contributed by atoms with E-state index >= 15 is 0 Å². The maximum absolute atomic E-state index is 12.7. The highest BCUT2D eigenvalue weighted by Gasteiger charge is 2.32. The summed E-state index contributed by atoms with van der Waals surface area (Å²) in [4.78, 5) is 16.5. The van der Waals surface area contributed by atoms with Crippen molar-refractivity contribution in [1.29, 1.82) is 0 Å². The minimum absolute atomic E-state index is 0.272. The van der Waals surface area contributed by atoms with Gasteiger partial charge in [0.1, 0.15) is 6.54 Å². The molecule has 3 rings (SSSR count). The number of nitrogens with zero attached hydrogens (tertiary/aromatic N) is 1. The molecule has 4 heteroatoms. The van der Waals surface area contributed by atoms with Gasteiger partial charge in [-0.05, 0) is 30.9 Å². The number of likely N-dealkylation sites (tertiary alicyclic amines) is 2. The Hall–Kier alpha value is -0.870. The van der Waals surface area contributed by atoms with Crippen LogP contribution >= 0.6 is 15.9 Å². The number of nitrogens with one attached hydrogen (secondary N) is 1. The largest absolute Gasteiger partial charge is 0.342 e. The van der Waals surface area contributed by atoms with Gasteiger partial charge in [-0.15, -0.1) is 0 Å². The number of hydrogen-bond acceptors (Lipinski definition) is 1. The molecular weight excluding hydrogens is 352 g/mol. The summed E-state index contributed by atoms with van der Waals surface area (Å²) in [6.07, 6.45) is 4.56. The number of hydrogen-bond donors (Lipinski definition) is 1. The van der Waals surface area contributed by atoms with Crippen LogP contribution in [-0.4, -0.2) is 37.0 Å². The molecule has 0 aromatic heterocycles. The zero-order valence-electron chi connectivity index (χ0n) is 14.1. The van der Waals surface area contributed by atoms with Crippen molar-refractivity contribution < 1.29 is 9.69 Å². The Morgan fingerprint density at radius 1 is 1.22 bits per heavy atom. The average molecular weight is 380 g/mol. The molecule has 126 valence electrons. The molecule has 2 aliphatic rings. The highest BCUT2D eigenvalue weighted by atomic mass is 79.9. The van der Waals surface area contributed by atoms with Gasteiger partial charge in [-0.3, -0.25) is 4.79 Å². The first-order valence-electron chi connectivity index (χ1n) is 8.98. The molecule has 0 spiro atoms. The number of halogens is 1. The Bertz CT molecular complexity index is 523. The van der Waals surface area contributed by atoms with Crippen molar-refractivity contribution in [1.82, 2.24) is 4.90 Å². The van der Waals surface area contributed by atoms with Crippen LogP contribution < -0.4 is 4.90 Å². The van der Waals surface area contributed by atoms with Crippen LogP contribution in [0.15, 0.2) is 28.7 Å². The molecule has 1 aromatic rings. The Morgan fingerprint density at radius 2 is 1.91 bits per heavy atom. The average Bonchev–Trinajstić information content (AvgIpc) is 2.57. The lowest BCUT2D eigenvalue weighted by molar-refractivity contribution is -0.919. The van der Waals surface area contributed by atoms with Crippen LogP contribution in [0.1, 0.15) is 38.2 Å². The summed E-state index contributed by atoms with van der Waals surface area (Å²) < 4.78 is 1.14. The molecule has 0 radical (unpaired) electrons. The quantitative estimate of drug-likeness (QED) is 0.857. The highest BCUT2D eigenvalue weighted by Crippen LogP contribution is 2.21. The van der Waals surface area contributed by atoms with Crippen LogP contribution in [0.2, 0.25) is 0 Å². The van der Waals surface area contributed by atoms with Gasteiger partial charge in [-0.2, -0.15) is 0 Å². The molecule has 2 saturated heterocycles. The Labute approximate surface area is 148 Å². The summed E-state index contributed by atoms with van der Waals surface area (Å²) in [5, 5.41) is 0. The monoisotopic (exact) mass is 379 g/mol. The van der Waals surface area contributed by atoms with Crippen LogP contribution in [0.25, 0.3) is 0 Å². The predicted octanol–water partition coefficient (Wildman–Crippen LogP) is 2.50. The molecule has 0 aliphatic carbocycles. The molecule has 3 nitrogen and oxygen atoms in total. The van der Waals surface area contributed by atoms with Crippen molar-refractivity contribution in [2.45, 2.75) is 39.2 Å². The second-order valence-electron chi connectivity index (χ2n) is 7.36. The molecule has 0 unspecified atom stereocenters. The molecule has 1 N–H and O–H groups in total. The SMILES string of the molecule is C[C@@H]1CCCN(C(=O)C2CC[NH+](Cc3ccc(Br)cc3)CC2)C1. The van der Waals surface area contributed by atoms with Gasteiger partial charge in [-0.25, -0.2) is 0 Å². The lowest BCUT2D eigenvalue weighted by Crippen LogP contribution is -3.11. The molecule has 2 aliphatic heterocycles. The molecule has 2 fully saturated rings. The molecule has 1 aromatic carbocycles. The minimum atomic E-state index is 0.272. The fraction of sp³-hybridized carbons (Fsp3) is 0.632. The third kappa shape index (κ3) is 4.57. The fourth-order valence-corrected chi connectivity index (χ4v) is 4.25.